The molecule has 25 heavy (non-hydrogen) atoms. The van der Waals surface area contributed by atoms with Crippen molar-refractivity contribution in [3.05, 3.63) is 35.4 Å². The Balaban J connectivity index is 2.05. The Morgan fingerprint density at radius 2 is 2.00 bits per heavy atom. The van der Waals surface area contributed by atoms with Gasteiger partial charge in [-0.2, -0.15) is 13.2 Å². The van der Waals surface area contributed by atoms with Crippen LogP contribution in [0.3, 0.4) is 0 Å². The molecule has 138 valence electrons. The van der Waals surface area contributed by atoms with Gasteiger partial charge in [0.2, 0.25) is 0 Å². The third-order valence-corrected chi connectivity index (χ3v) is 4.43. The summed E-state index contributed by atoms with van der Waals surface area (Å²) < 4.78 is 38.4. The molecular formula is C17H21F3N2O3. The van der Waals surface area contributed by atoms with Crippen LogP contribution >= 0.6 is 0 Å². The fourth-order valence-corrected chi connectivity index (χ4v) is 3.08. The van der Waals surface area contributed by atoms with E-state index in [0.29, 0.717) is 25.9 Å². The van der Waals surface area contributed by atoms with Crippen LogP contribution in [0.15, 0.2) is 24.3 Å². The molecule has 1 aliphatic rings. The third-order valence-electron chi connectivity index (χ3n) is 4.43. The normalized spacial score (nSPS) is 18.9. The van der Waals surface area contributed by atoms with Crippen molar-refractivity contribution in [2.24, 2.45) is 0 Å². The zero-order valence-corrected chi connectivity index (χ0v) is 13.9. The van der Waals surface area contributed by atoms with Crippen molar-refractivity contribution in [2.75, 3.05) is 26.7 Å². The van der Waals surface area contributed by atoms with Crippen molar-refractivity contribution in [3.8, 4) is 0 Å². The van der Waals surface area contributed by atoms with Gasteiger partial charge >= 0.3 is 12.1 Å². The van der Waals surface area contributed by atoms with Gasteiger partial charge in [-0.25, -0.2) is 0 Å². The van der Waals surface area contributed by atoms with E-state index >= 15 is 0 Å². The predicted octanol–water partition coefficient (Wildman–Crippen LogP) is 2.72. The standard InChI is InChI=1S/C17H21F3N2O3/c1-21(11-15(23)24)14-6-3-8-22(9-7-14)16(25)12-4-2-5-13(10-12)17(18,19)20/h2,4-5,10,14H,3,6-9,11H2,1H3,(H,23,24). The lowest BCUT2D eigenvalue weighted by molar-refractivity contribution is -0.139. The largest absolute Gasteiger partial charge is 0.480 e. The molecular weight excluding hydrogens is 337 g/mol. The molecule has 1 aliphatic heterocycles. The average molecular weight is 358 g/mol. The van der Waals surface area contributed by atoms with Crippen LogP contribution in [0.5, 0.6) is 0 Å². The van der Waals surface area contributed by atoms with Gasteiger partial charge in [-0.3, -0.25) is 14.5 Å². The Morgan fingerprint density at radius 1 is 1.28 bits per heavy atom. The number of amides is 1. The molecule has 1 amide bonds. The summed E-state index contributed by atoms with van der Waals surface area (Å²) >= 11 is 0. The highest BCUT2D eigenvalue weighted by Gasteiger charge is 2.31. The van der Waals surface area contributed by atoms with Crippen LogP contribution in [0.4, 0.5) is 13.2 Å². The number of hydrogen-bond acceptors (Lipinski definition) is 3. The van der Waals surface area contributed by atoms with Crippen molar-refractivity contribution in [1.82, 2.24) is 9.80 Å². The Bertz CT molecular complexity index is 634. The van der Waals surface area contributed by atoms with E-state index in [1.165, 1.54) is 12.1 Å². The zero-order chi connectivity index (χ0) is 18.6. The number of aliphatic carboxylic acids is 1. The van der Waals surface area contributed by atoms with E-state index in [2.05, 4.69) is 0 Å². The van der Waals surface area contributed by atoms with E-state index in [-0.39, 0.29) is 18.2 Å². The Labute approximate surface area is 144 Å². The van der Waals surface area contributed by atoms with Crippen molar-refractivity contribution in [2.45, 2.75) is 31.5 Å². The fourth-order valence-electron chi connectivity index (χ4n) is 3.08. The predicted molar refractivity (Wildman–Crippen MR) is 85.3 cm³/mol. The molecule has 0 radical (unpaired) electrons. The molecule has 0 aliphatic carbocycles. The summed E-state index contributed by atoms with van der Waals surface area (Å²) in [5.74, 6) is -1.34. The summed E-state index contributed by atoms with van der Waals surface area (Å²) in [6, 6.07) is 4.47. The lowest BCUT2D eigenvalue weighted by atomic mass is 10.1. The van der Waals surface area contributed by atoms with Crippen LogP contribution in [0.1, 0.15) is 35.2 Å². The van der Waals surface area contributed by atoms with Gasteiger partial charge in [0.1, 0.15) is 0 Å². The molecule has 1 heterocycles. The van der Waals surface area contributed by atoms with Gasteiger partial charge in [0.15, 0.2) is 0 Å². The number of likely N-dealkylation sites (tertiary alicyclic amines) is 1. The lowest BCUT2D eigenvalue weighted by Crippen LogP contribution is -2.37. The maximum atomic E-state index is 12.8. The van der Waals surface area contributed by atoms with Gasteiger partial charge < -0.3 is 10.0 Å². The molecule has 1 aromatic carbocycles. The van der Waals surface area contributed by atoms with Crippen LogP contribution in [0, 0.1) is 0 Å². The monoisotopic (exact) mass is 358 g/mol. The number of carboxylic acid groups (broad SMARTS) is 1. The van der Waals surface area contributed by atoms with Gasteiger partial charge in [-0.15, -0.1) is 0 Å². The summed E-state index contributed by atoms with van der Waals surface area (Å²) in [5, 5.41) is 8.87. The molecule has 5 nitrogen and oxygen atoms in total. The van der Waals surface area contributed by atoms with Crippen LogP contribution < -0.4 is 0 Å². The van der Waals surface area contributed by atoms with Crippen molar-refractivity contribution in [1.29, 1.82) is 0 Å². The summed E-state index contributed by atoms with van der Waals surface area (Å²) in [4.78, 5) is 26.6. The molecule has 1 aromatic rings. The Hall–Kier alpha value is -2.09. The van der Waals surface area contributed by atoms with Crippen LogP contribution in [-0.4, -0.2) is 59.5 Å². The van der Waals surface area contributed by atoms with Crippen LogP contribution in [-0.2, 0) is 11.0 Å². The first-order valence-corrected chi connectivity index (χ1v) is 8.07. The number of benzene rings is 1. The zero-order valence-electron chi connectivity index (χ0n) is 13.9. The molecule has 0 saturated carbocycles. The quantitative estimate of drug-likeness (QED) is 0.899. The minimum atomic E-state index is -4.49. The van der Waals surface area contributed by atoms with Gasteiger partial charge in [0.05, 0.1) is 12.1 Å². The number of halogens is 3. The van der Waals surface area contributed by atoms with E-state index in [1.807, 2.05) is 0 Å². The van der Waals surface area contributed by atoms with Crippen molar-refractivity contribution in [3.63, 3.8) is 0 Å². The minimum Gasteiger partial charge on any atom is -0.480 e. The van der Waals surface area contributed by atoms with Crippen LogP contribution in [0.2, 0.25) is 0 Å². The molecule has 1 saturated heterocycles. The number of rotatable bonds is 4. The van der Waals surface area contributed by atoms with E-state index < -0.39 is 23.6 Å². The first kappa shape index (κ1) is 19.2. The molecule has 0 spiro atoms. The number of likely N-dealkylation sites (N-methyl/N-ethyl adjacent to an activating group) is 1. The maximum absolute atomic E-state index is 12.8. The second-order valence-electron chi connectivity index (χ2n) is 6.26. The second-order valence-corrected chi connectivity index (χ2v) is 6.26. The van der Waals surface area contributed by atoms with Gasteiger partial charge in [-0.05, 0) is 44.5 Å². The number of alkyl halides is 3. The molecule has 8 heteroatoms. The summed E-state index contributed by atoms with van der Waals surface area (Å²) in [6.07, 6.45) is -2.47. The minimum absolute atomic E-state index is 0.0205. The number of carbonyl (C=O) groups excluding carboxylic acids is 1. The Morgan fingerprint density at radius 3 is 2.64 bits per heavy atom. The lowest BCUT2D eigenvalue weighted by Gasteiger charge is -2.25. The highest BCUT2D eigenvalue weighted by Crippen LogP contribution is 2.30. The molecule has 0 aromatic heterocycles. The third kappa shape index (κ3) is 5.19. The smallest absolute Gasteiger partial charge is 0.416 e. The fraction of sp³-hybridized carbons (Fsp3) is 0.529. The van der Waals surface area contributed by atoms with E-state index in [0.717, 1.165) is 18.6 Å². The Kier molecular flexibility index (Phi) is 6.05. The molecule has 1 unspecified atom stereocenters. The molecule has 1 N–H and O–H groups in total. The van der Waals surface area contributed by atoms with E-state index in [9.17, 15) is 22.8 Å². The number of hydrogen-bond donors (Lipinski definition) is 1. The first-order valence-electron chi connectivity index (χ1n) is 8.07. The topological polar surface area (TPSA) is 60.9 Å². The van der Waals surface area contributed by atoms with E-state index in [4.69, 9.17) is 5.11 Å². The van der Waals surface area contributed by atoms with Gasteiger partial charge in [0, 0.05) is 24.7 Å². The molecule has 2 rings (SSSR count). The van der Waals surface area contributed by atoms with Gasteiger partial charge in [0.25, 0.3) is 5.91 Å². The van der Waals surface area contributed by atoms with E-state index in [1.54, 1.807) is 16.8 Å². The highest BCUT2D eigenvalue weighted by atomic mass is 19.4. The van der Waals surface area contributed by atoms with Crippen LogP contribution in [0.25, 0.3) is 0 Å². The molecule has 0 bridgehead atoms. The van der Waals surface area contributed by atoms with Crippen molar-refractivity contribution < 1.29 is 27.9 Å². The summed E-state index contributed by atoms with van der Waals surface area (Å²) in [6.45, 7) is 0.766. The summed E-state index contributed by atoms with van der Waals surface area (Å²) in [5.41, 5.74) is -0.820. The number of carboxylic acids is 1. The highest BCUT2D eigenvalue weighted by molar-refractivity contribution is 5.94. The van der Waals surface area contributed by atoms with Crippen molar-refractivity contribution >= 4 is 11.9 Å². The number of carbonyl (C=O) groups is 2. The molecule has 1 atom stereocenters. The number of nitrogens with zero attached hydrogens (tertiary/aromatic N) is 2. The maximum Gasteiger partial charge on any atom is 0.416 e. The second kappa shape index (κ2) is 7.86. The SMILES string of the molecule is CN(CC(=O)O)C1CCCN(C(=O)c2cccc(C(F)(F)F)c2)CC1. The first-order chi connectivity index (χ1) is 11.7. The average Bonchev–Trinajstić information content (AvgIpc) is 2.79. The molecule has 1 fully saturated rings. The summed E-state index contributed by atoms with van der Waals surface area (Å²) in [7, 11) is 1.73. The van der Waals surface area contributed by atoms with Gasteiger partial charge in [-0.1, -0.05) is 6.07 Å².